The fraction of sp³-hybridized carbons (Fsp3) is 0.333. The van der Waals surface area contributed by atoms with E-state index in [0.29, 0.717) is 0 Å². The summed E-state index contributed by atoms with van der Waals surface area (Å²) in [5, 5.41) is 11.2. The van der Waals surface area contributed by atoms with Crippen molar-refractivity contribution in [1.29, 1.82) is 5.26 Å². The van der Waals surface area contributed by atoms with Crippen molar-refractivity contribution in [2.75, 3.05) is 7.05 Å². The number of hydrogen-bond acceptors (Lipinski definition) is 2. The summed E-state index contributed by atoms with van der Waals surface area (Å²) in [6.07, 6.45) is -3.14. The van der Waals surface area contributed by atoms with E-state index in [0.717, 1.165) is 12.1 Å². The van der Waals surface area contributed by atoms with Gasteiger partial charge in [-0.2, -0.15) is 18.4 Å². The van der Waals surface area contributed by atoms with Crippen LogP contribution >= 0.6 is 0 Å². The number of likely N-dealkylation sites (N-methyl/N-ethyl adjacent to an activating group) is 1. The van der Waals surface area contributed by atoms with Crippen LogP contribution in [0.25, 0.3) is 5.57 Å². The van der Waals surface area contributed by atoms with Crippen LogP contribution in [0.4, 0.5) is 17.6 Å². The Bertz CT molecular complexity index is 826. The molecule has 0 aliphatic heterocycles. The summed E-state index contributed by atoms with van der Waals surface area (Å²) in [4.78, 5) is 11.9. The number of halogens is 4. The van der Waals surface area contributed by atoms with Gasteiger partial charge in [0.2, 0.25) is 0 Å². The van der Waals surface area contributed by atoms with Gasteiger partial charge in [-0.25, -0.2) is 4.39 Å². The quantitative estimate of drug-likeness (QED) is 0.804. The molecule has 0 fully saturated rings. The van der Waals surface area contributed by atoms with E-state index in [2.05, 4.69) is 5.32 Å². The summed E-state index contributed by atoms with van der Waals surface area (Å²) in [6.45, 7) is 3.52. The Morgan fingerprint density at radius 3 is 2.48 bits per heavy atom. The fourth-order valence-corrected chi connectivity index (χ4v) is 2.79. The first-order chi connectivity index (χ1) is 11.5. The van der Waals surface area contributed by atoms with Crippen LogP contribution in [0.1, 0.15) is 37.0 Å². The molecule has 0 saturated heterocycles. The molecule has 0 spiro atoms. The van der Waals surface area contributed by atoms with Gasteiger partial charge in [-0.1, -0.05) is 26.0 Å². The molecule has 0 bridgehead atoms. The second-order valence-corrected chi connectivity index (χ2v) is 6.46. The molecule has 0 saturated carbocycles. The first-order valence-electron chi connectivity index (χ1n) is 7.46. The Kier molecular flexibility index (Phi) is 4.76. The number of nitrogens with one attached hydrogen (secondary N) is 1. The maximum atomic E-state index is 14.8. The molecule has 0 radical (unpaired) electrons. The first-order valence-corrected chi connectivity index (χ1v) is 7.46. The Morgan fingerprint density at radius 2 is 1.96 bits per heavy atom. The first kappa shape index (κ1) is 18.7. The van der Waals surface area contributed by atoms with Crippen LogP contribution in [-0.2, 0) is 11.0 Å². The van der Waals surface area contributed by atoms with Crippen molar-refractivity contribution in [3.63, 3.8) is 0 Å². The topological polar surface area (TPSA) is 52.9 Å². The molecule has 2 rings (SSSR count). The molecule has 0 atom stereocenters. The highest BCUT2D eigenvalue weighted by Gasteiger charge is 2.36. The number of benzene rings is 1. The lowest BCUT2D eigenvalue weighted by Crippen LogP contribution is -2.26. The lowest BCUT2D eigenvalue weighted by Gasteiger charge is -2.29. The molecule has 7 heteroatoms. The average molecular weight is 352 g/mol. The van der Waals surface area contributed by atoms with Gasteiger partial charge >= 0.3 is 6.18 Å². The standard InChI is InChI=1S/C18H16F4N2O/c1-17(2)7-12(15(19)13(8-17)16(25)24-3)10-4-5-11(9-23)14(6-10)18(20,21)22/h4-6,8H,7H2,1-3H3,(H,24,25). The zero-order valence-electron chi connectivity index (χ0n) is 13.9. The summed E-state index contributed by atoms with van der Waals surface area (Å²) in [5.74, 6) is -1.50. The van der Waals surface area contributed by atoms with E-state index < -0.39 is 34.5 Å². The van der Waals surface area contributed by atoms with Crippen molar-refractivity contribution in [3.8, 4) is 6.07 Å². The molecule has 1 amide bonds. The second kappa shape index (κ2) is 6.36. The van der Waals surface area contributed by atoms with Crippen molar-refractivity contribution in [2.24, 2.45) is 5.41 Å². The maximum Gasteiger partial charge on any atom is 0.417 e. The number of carbonyl (C=O) groups is 1. The lowest BCUT2D eigenvalue weighted by atomic mass is 9.76. The minimum Gasteiger partial charge on any atom is -0.355 e. The monoisotopic (exact) mass is 352 g/mol. The molecular formula is C18H16F4N2O. The van der Waals surface area contributed by atoms with Crippen molar-refractivity contribution in [1.82, 2.24) is 5.32 Å². The molecule has 1 aliphatic carbocycles. The fourth-order valence-electron chi connectivity index (χ4n) is 2.79. The van der Waals surface area contributed by atoms with Gasteiger partial charge in [0, 0.05) is 7.05 Å². The zero-order chi connectivity index (χ0) is 19.0. The van der Waals surface area contributed by atoms with E-state index in [4.69, 9.17) is 5.26 Å². The largest absolute Gasteiger partial charge is 0.417 e. The van der Waals surface area contributed by atoms with Crippen molar-refractivity contribution >= 4 is 11.5 Å². The van der Waals surface area contributed by atoms with E-state index in [9.17, 15) is 22.4 Å². The Labute approximate surface area is 142 Å². The number of nitriles is 1. The van der Waals surface area contributed by atoms with E-state index in [1.54, 1.807) is 13.8 Å². The molecule has 25 heavy (non-hydrogen) atoms. The van der Waals surface area contributed by atoms with Crippen molar-refractivity contribution < 1.29 is 22.4 Å². The highest BCUT2D eigenvalue weighted by atomic mass is 19.4. The zero-order valence-corrected chi connectivity index (χ0v) is 13.9. The SMILES string of the molecule is CNC(=O)C1=CC(C)(C)CC(c2ccc(C#N)c(C(F)(F)F)c2)=C1F. The van der Waals surface area contributed by atoms with Gasteiger partial charge in [0.25, 0.3) is 5.91 Å². The van der Waals surface area contributed by atoms with Crippen molar-refractivity contribution in [3.05, 3.63) is 52.4 Å². The van der Waals surface area contributed by atoms with Crippen LogP contribution in [0.5, 0.6) is 0 Å². The number of hydrogen-bond donors (Lipinski definition) is 1. The summed E-state index contributed by atoms with van der Waals surface area (Å²) in [5.41, 5.74) is -2.45. The minimum absolute atomic E-state index is 0.00593. The van der Waals surface area contributed by atoms with Crippen LogP contribution in [0, 0.1) is 16.7 Å². The molecule has 1 N–H and O–H groups in total. The summed E-state index contributed by atoms with van der Waals surface area (Å²) in [7, 11) is 1.35. The normalized spacial score (nSPS) is 17.0. The Morgan fingerprint density at radius 1 is 1.32 bits per heavy atom. The number of nitrogens with zero attached hydrogens (tertiary/aromatic N) is 1. The maximum absolute atomic E-state index is 14.8. The molecule has 0 heterocycles. The summed E-state index contributed by atoms with van der Waals surface area (Å²) >= 11 is 0. The Hall–Kier alpha value is -2.62. The number of carbonyl (C=O) groups excluding carboxylic acids is 1. The minimum atomic E-state index is -4.73. The molecular weight excluding hydrogens is 336 g/mol. The summed E-state index contributed by atoms with van der Waals surface area (Å²) in [6, 6.07) is 4.54. The van der Waals surface area contributed by atoms with Crippen LogP contribution in [-0.4, -0.2) is 13.0 Å². The lowest BCUT2D eigenvalue weighted by molar-refractivity contribution is -0.137. The van der Waals surface area contributed by atoms with Crippen molar-refractivity contribution in [2.45, 2.75) is 26.4 Å². The van der Waals surface area contributed by atoms with Crippen LogP contribution in [0.3, 0.4) is 0 Å². The van der Waals surface area contributed by atoms with Gasteiger partial charge in [-0.3, -0.25) is 4.79 Å². The van der Waals surface area contributed by atoms with E-state index in [1.165, 1.54) is 25.3 Å². The average Bonchev–Trinajstić information content (AvgIpc) is 2.54. The van der Waals surface area contributed by atoms with Gasteiger partial charge in [-0.15, -0.1) is 0 Å². The van der Waals surface area contributed by atoms with Crippen LogP contribution < -0.4 is 5.32 Å². The second-order valence-electron chi connectivity index (χ2n) is 6.46. The number of alkyl halides is 3. The highest BCUT2D eigenvalue weighted by Crippen LogP contribution is 2.43. The molecule has 3 nitrogen and oxygen atoms in total. The Balaban J connectivity index is 2.67. The van der Waals surface area contributed by atoms with Gasteiger partial charge < -0.3 is 5.32 Å². The predicted octanol–water partition coefficient (Wildman–Crippen LogP) is 4.36. The third-order valence-corrected chi connectivity index (χ3v) is 3.93. The van der Waals surface area contributed by atoms with E-state index in [1.807, 2.05) is 0 Å². The van der Waals surface area contributed by atoms with Crippen LogP contribution in [0.15, 0.2) is 35.7 Å². The third-order valence-electron chi connectivity index (χ3n) is 3.93. The highest BCUT2D eigenvalue weighted by molar-refractivity contribution is 6.00. The van der Waals surface area contributed by atoms with Gasteiger partial charge in [0.05, 0.1) is 22.8 Å². The van der Waals surface area contributed by atoms with Crippen LogP contribution in [0.2, 0.25) is 0 Å². The van der Waals surface area contributed by atoms with E-state index >= 15 is 0 Å². The summed E-state index contributed by atoms with van der Waals surface area (Å²) < 4.78 is 54.3. The smallest absolute Gasteiger partial charge is 0.355 e. The number of rotatable bonds is 2. The molecule has 1 aromatic carbocycles. The molecule has 1 aliphatic rings. The van der Waals surface area contributed by atoms with Gasteiger partial charge in [-0.05, 0) is 35.1 Å². The molecule has 132 valence electrons. The molecule has 1 aromatic rings. The van der Waals surface area contributed by atoms with Gasteiger partial charge in [0.15, 0.2) is 0 Å². The molecule has 0 unspecified atom stereocenters. The number of allylic oxidation sites excluding steroid dienone is 2. The third kappa shape index (κ3) is 3.73. The van der Waals surface area contributed by atoms with E-state index in [-0.39, 0.29) is 23.1 Å². The number of amides is 1. The van der Waals surface area contributed by atoms with Gasteiger partial charge in [0.1, 0.15) is 5.83 Å². The predicted molar refractivity (Wildman–Crippen MR) is 84.7 cm³/mol. The molecule has 0 aromatic heterocycles.